The van der Waals surface area contributed by atoms with E-state index in [1.165, 1.54) is 12.1 Å². The molecule has 4 rings (SSSR count). The summed E-state index contributed by atoms with van der Waals surface area (Å²) >= 11 is 0. The van der Waals surface area contributed by atoms with Gasteiger partial charge in [-0.3, -0.25) is 19.1 Å². The molecule has 0 aliphatic carbocycles. The molecule has 3 heterocycles. The van der Waals surface area contributed by atoms with Crippen LogP contribution in [0.5, 0.6) is 0 Å². The van der Waals surface area contributed by atoms with E-state index in [4.69, 9.17) is 0 Å². The van der Waals surface area contributed by atoms with Gasteiger partial charge in [0.25, 0.3) is 0 Å². The van der Waals surface area contributed by atoms with E-state index in [-0.39, 0.29) is 17.8 Å². The summed E-state index contributed by atoms with van der Waals surface area (Å²) in [6.07, 6.45) is 5.92. The monoisotopic (exact) mass is 410 g/mol. The highest BCUT2D eigenvalue weighted by atomic mass is 19.1. The van der Waals surface area contributed by atoms with E-state index in [2.05, 4.69) is 26.5 Å². The first-order valence-corrected chi connectivity index (χ1v) is 10.3. The summed E-state index contributed by atoms with van der Waals surface area (Å²) in [5, 5.41) is 11.9. The van der Waals surface area contributed by atoms with Gasteiger partial charge < -0.3 is 5.32 Å². The van der Waals surface area contributed by atoms with Gasteiger partial charge in [0, 0.05) is 63.6 Å². The molecule has 1 saturated heterocycles. The van der Waals surface area contributed by atoms with Crippen LogP contribution in [0, 0.1) is 5.82 Å². The molecule has 2 aromatic heterocycles. The van der Waals surface area contributed by atoms with Crippen LogP contribution in [0.15, 0.2) is 48.8 Å². The molecule has 0 atom stereocenters. The first kappa shape index (κ1) is 20.3. The van der Waals surface area contributed by atoms with Gasteiger partial charge in [-0.25, -0.2) is 4.39 Å². The summed E-state index contributed by atoms with van der Waals surface area (Å²) in [6, 6.07) is 10.6. The Labute approximate surface area is 175 Å². The number of hydrogen-bond donors (Lipinski definition) is 1. The maximum Gasteiger partial charge on any atom is 0.222 e. The second-order valence-electron chi connectivity index (χ2n) is 7.79. The van der Waals surface area contributed by atoms with Gasteiger partial charge in [-0.2, -0.15) is 10.2 Å². The second kappa shape index (κ2) is 9.21. The lowest BCUT2D eigenvalue weighted by molar-refractivity contribution is -0.122. The molecular formula is C22H27FN6O. The Bertz CT molecular complexity index is 958. The van der Waals surface area contributed by atoms with Crippen molar-refractivity contribution in [2.24, 2.45) is 7.05 Å². The van der Waals surface area contributed by atoms with E-state index in [1.54, 1.807) is 23.0 Å². The minimum absolute atomic E-state index is 0.0829. The number of carbonyl (C=O) groups is 1. The average Bonchev–Trinajstić information content (AvgIpc) is 3.39. The first-order valence-electron chi connectivity index (χ1n) is 10.3. The molecule has 7 nitrogen and oxygen atoms in total. The highest BCUT2D eigenvalue weighted by molar-refractivity contribution is 5.76. The van der Waals surface area contributed by atoms with Crippen LogP contribution in [0.4, 0.5) is 4.39 Å². The number of aromatic nitrogens is 4. The zero-order valence-electron chi connectivity index (χ0n) is 17.2. The fourth-order valence-corrected chi connectivity index (χ4v) is 3.83. The largest absolute Gasteiger partial charge is 0.353 e. The van der Waals surface area contributed by atoms with Gasteiger partial charge in [0.05, 0.1) is 11.4 Å². The molecule has 1 aliphatic heterocycles. The van der Waals surface area contributed by atoms with Crippen molar-refractivity contribution in [3.63, 3.8) is 0 Å². The lowest BCUT2D eigenvalue weighted by Crippen LogP contribution is -2.44. The SMILES string of the molecule is Cn1nc(-c2ccc(F)cc2)cc1CN1CCC(NC(=O)CCn2cccn2)CC1. The quantitative estimate of drug-likeness (QED) is 0.650. The summed E-state index contributed by atoms with van der Waals surface area (Å²) < 4.78 is 16.8. The van der Waals surface area contributed by atoms with Crippen LogP contribution in [0.3, 0.4) is 0 Å². The van der Waals surface area contributed by atoms with Crippen LogP contribution >= 0.6 is 0 Å². The van der Waals surface area contributed by atoms with Gasteiger partial charge in [-0.1, -0.05) is 0 Å². The molecule has 30 heavy (non-hydrogen) atoms. The maximum absolute atomic E-state index is 13.2. The highest BCUT2D eigenvalue weighted by Crippen LogP contribution is 2.21. The lowest BCUT2D eigenvalue weighted by atomic mass is 10.0. The standard InChI is InChI=1S/C22H27FN6O/c1-27-20(15-21(26-27)17-3-5-18(23)6-4-17)16-28-12-7-19(8-13-28)25-22(30)9-14-29-11-2-10-24-29/h2-6,10-11,15,19H,7-9,12-14,16H2,1H3,(H,25,30). The molecule has 1 aliphatic rings. The third kappa shape index (κ3) is 5.13. The number of rotatable bonds is 7. The lowest BCUT2D eigenvalue weighted by Gasteiger charge is -2.32. The van der Waals surface area contributed by atoms with E-state index < -0.39 is 0 Å². The van der Waals surface area contributed by atoms with Crippen molar-refractivity contribution in [3.8, 4) is 11.3 Å². The Hall–Kier alpha value is -3.00. The second-order valence-corrected chi connectivity index (χ2v) is 7.79. The molecule has 0 saturated carbocycles. The van der Waals surface area contributed by atoms with Crippen LogP contribution < -0.4 is 5.32 Å². The zero-order chi connectivity index (χ0) is 20.9. The molecule has 0 bridgehead atoms. The van der Waals surface area contributed by atoms with Gasteiger partial charge in [0.15, 0.2) is 0 Å². The van der Waals surface area contributed by atoms with Crippen LogP contribution in [-0.2, 0) is 24.9 Å². The maximum atomic E-state index is 13.2. The van der Waals surface area contributed by atoms with E-state index in [9.17, 15) is 9.18 Å². The van der Waals surface area contributed by atoms with Crippen molar-refractivity contribution >= 4 is 5.91 Å². The number of hydrogen-bond acceptors (Lipinski definition) is 4. The number of piperidine rings is 1. The van der Waals surface area contributed by atoms with Crippen molar-refractivity contribution in [3.05, 3.63) is 60.3 Å². The smallest absolute Gasteiger partial charge is 0.222 e. The minimum Gasteiger partial charge on any atom is -0.353 e. The van der Waals surface area contributed by atoms with Crippen molar-refractivity contribution in [2.75, 3.05) is 13.1 Å². The summed E-state index contributed by atoms with van der Waals surface area (Å²) in [7, 11) is 1.94. The van der Waals surface area contributed by atoms with Gasteiger partial charge in [-0.15, -0.1) is 0 Å². The molecule has 8 heteroatoms. The fraction of sp³-hybridized carbons (Fsp3) is 0.409. The Morgan fingerprint density at radius 3 is 2.70 bits per heavy atom. The van der Waals surface area contributed by atoms with Crippen molar-refractivity contribution < 1.29 is 9.18 Å². The number of halogens is 1. The van der Waals surface area contributed by atoms with Gasteiger partial charge >= 0.3 is 0 Å². The van der Waals surface area contributed by atoms with E-state index >= 15 is 0 Å². The van der Waals surface area contributed by atoms with Crippen LogP contribution in [-0.4, -0.2) is 49.5 Å². The number of benzene rings is 1. The molecule has 0 spiro atoms. The molecule has 0 unspecified atom stereocenters. The third-order valence-corrected chi connectivity index (χ3v) is 5.58. The summed E-state index contributed by atoms with van der Waals surface area (Å²) in [5.41, 5.74) is 2.89. The number of carbonyl (C=O) groups excluding carboxylic acids is 1. The Morgan fingerprint density at radius 2 is 2.00 bits per heavy atom. The van der Waals surface area contributed by atoms with Crippen molar-refractivity contribution in [1.82, 2.24) is 29.8 Å². The predicted molar refractivity (Wildman–Crippen MR) is 112 cm³/mol. The van der Waals surface area contributed by atoms with E-state index in [1.807, 2.05) is 24.0 Å². The highest BCUT2D eigenvalue weighted by Gasteiger charge is 2.21. The van der Waals surface area contributed by atoms with Crippen LogP contribution in [0.1, 0.15) is 25.0 Å². The molecule has 0 radical (unpaired) electrons. The topological polar surface area (TPSA) is 68.0 Å². The molecule has 1 N–H and O–H groups in total. The summed E-state index contributed by atoms with van der Waals surface area (Å²) in [5.74, 6) is -0.161. The Kier molecular flexibility index (Phi) is 6.23. The zero-order valence-corrected chi connectivity index (χ0v) is 17.2. The number of amides is 1. The van der Waals surface area contributed by atoms with E-state index in [0.29, 0.717) is 13.0 Å². The molecule has 1 fully saturated rings. The molecule has 3 aromatic rings. The number of nitrogens with one attached hydrogen (secondary N) is 1. The van der Waals surface area contributed by atoms with Crippen molar-refractivity contribution in [1.29, 1.82) is 0 Å². The van der Waals surface area contributed by atoms with Crippen LogP contribution in [0.25, 0.3) is 11.3 Å². The first-order chi connectivity index (χ1) is 14.6. The van der Waals surface area contributed by atoms with Gasteiger partial charge in [0.1, 0.15) is 5.82 Å². The minimum atomic E-state index is -0.244. The Balaban J connectivity index is 1.25. The third-order valence-electron chi connectivity index (χ3n) is 5.58. The van der Waals surface area contributed by atoms with Crippen LogP contribution in [0.2, 0.25) is 0 Å². The molecule has 1 amide bonds. The number of likely N-dealkylation sites (tertiary alicyclic amines) is 1. The fourth-order valence-electron chi connectivity index (χ4n) is 3.83. The average molecular weight is 410 g/mol. The molecule has 158 valence electrons. The molecular weight excluding hydrogens is 383 g/mol. The van der Waals surface area contributed by atoms with Crippen molar-refractivity contribution in [2.45, 2.75) is 38.4 Å². The normalized spacial score (nSPS) is 15.4. The number of aryl methyl sites for hydroxylation is 2. The Morgan fingerprint density at radius 1 is 1.23 bits per heavy atom. The predicted octanol–water partition coefficient (Wildman–Crippen LogP) is 2.59. The number of nitrogens with zero attached hydrogens (tertiary/aromatic N) is 5. The van der Waals surface area contributed by atoms with E-state index in [0.717, 1.165) is 49.4 Å². The van der Waals surface area contributed by atoms with Gasteiger partial charge in [-0.05, 0) is 49.2 Å². The summed E-state index contributed by atoms with van der Waals surface area (Å²) in [6.45, 7) is 3.28. The summed E-state index contributed by atoms with van der Waals surface area (Å²) in [4.78, 5) is 14.6. The molecule has 1 aromatic carbocycles. The van der Waals surface area contributed by atoms with Gasteiger partial charge in [0.2, 0.25) is 5.91 Å².